The van der Waals surface area contributed by atoms with Crippen LogP contribution >= 0.6 is 24.0 Å². The number of nitrogens with one attached hydrogen (secondary N) is 2. The molecule has 144 valence electrons. The topological polar surface area (TPSA) is 63.5 Å². The first-order valence-corrected chi connectivity index (χ1v) is 8.57. The highest BCUT2D eigenvalue weighted by Gasteiger charge is 2.10. The lowest BCUT2D eigenvalue weighted by Gasteiger charge is -2.18. The third-order valence-electron chi connectivity index (χ3n) is 4.23. The monoisotopic (exact) mass is 471 g/mol. The van der Waals surface area contributed by atoms with Gasteiger partial charge in [-0.15, -0.1) is 24.0 Å². The first-order valence-electron chi connectivity index (χ1n) is 8.57. The average Bonchev–Trinajstić information content (AvgIpc) is 2.82. The van der Waals surface area contributed by atoms with Crippen LogP contribution in [0, 0.1) is 20.8 Å². The van der Waals surface area contributed by atoms with E-state index in [0.717, 1.165) is 23.1 Å². The van der Waals surface area contributed by atoms with Crippen molar-refractivity contribution in [2.75, 3.05) is 13.6 Å². The van der Waals surface area contributed by atoms with Gasteiger partial charge in [-0.05, 0) is 39.8 Å². The molecule has 0 fully saturated rings. The molecule has 0 aliphatic carbocycles. The Bertz CT molecular complexity index is 724. The minimum absolute atomic E-state index is 0. The van der Waals surface area contributed by atoms with Crippen molar-refractivity contribution in [3.63, 3.8) is 0 Å². The molecule has 0 spiro atoms. The molecule has 1 aromatic carbocycles. The number of hydrogen-bond acceptors (Lipinski definition) is 3. The van der Waals surface area contributed by atoms with Crippen LogP contribution in [0.1, 0.15) is 29.4 Å². The number of aliphatic imine (C=N–C) groups is 1. The lowest BCUT2D eigenvalue weighted by Crippen LogP contribution is -2.41. The van der Waals surface area contributed by atoms with Gasteiger partial charge >= 0.3 is 0 Å². The van der Waals surface area contributed by atoms with E-state index in [0.29, 0.717) is 13.1 Å². The van der Waals surface area contributed by atoms with E-state index in [-0.39, 0.29) is 30.1 Å². The van der Waals surface area contributed by atoms with E-state index in [1.54, 1.807) is 7.05 Å². The van der Waals surface area contributed by atoms with Crippen LogP contribution < -0.4 is 15.4 Å². The van der Waals surface area contributed by atoms with Gasteiger partial charge in [0, 0.05) is 31.9 Å². The Balaban J connectivity index is 0.00000338. The molecule has 0 bridgehead atoms. The summed E-state index contributed by atoms with van der Waals surface area (Å²) < 4.78 is 7.81. The summed E-state index contributed by atoms with van der Waals surface area (Å²) >= 11 is 0. The number of ether oxygens (including phenoxy) is 1. The molecule has 2 N–H and O–H groups in total. The van der Waals surface area contributed by atoms with Gasteiger partial charge in [0.05, 0.1) is 12.2 Å². The molecular formula is C19H30IN5O. The lowest BCUT2D eigenvalue weighted by molar-refractivity contribution is 0.224. The van der Waals surface area contributed by atoms with Gasteiger partial charge in [-0.1, -0.05) is 17.7 Å². The van der Waals surface area contributed by atoms with E-state index < -0.39 is 0 Å². The van der Waals surface area contributed by atoms with Crippen molar-refractivity contribution in [2.45, 2.75) is 40.3 Å². The summed E-state index contributed by atoms with van der Waals surface area (Å²) in [6, 6.07) is 8.09. The van der Waals surface area contributed by atoms with Crippen LogP contribution in [-0.4, -0.2) is 35.4 Å². The van der Waals surface area contributed by atoms with Gasteiger partial charge in [-0.2, -0.15) is 5.10 Å². The van der Waals surface area contributed by atoms with Gasteiger partial charge in [0.15, 0.2) is 5.96 Å². The Morgan fingerprint density at radius 2 is 1.85 bits per heavy atom. The number of aromatic nitrogens is 2. The highest BCUT2D eigenvalue weighted by Crippen LogP contribution is 2.13. The molecule has 1 unspecified atom stereocenters. The van der Waals surface area contributed by atoms with Crippen molar-refractivity contribution in [1.29, 1.82) is 0 Å². The second-order valence-electron chi connectivity index (χ2n) is 6.32. The maximum atomic E-state index is 5.91. The number of halogens is 1. The van der Waals surface area contributed by atoms with Gasteiger partial charge in [0.25, 0.3) is 0 Å². The van der Waals surface area contributed by atoms with Gasteiger partial charge in [0.1, 0.15) is 11.9 Å². The van der Waals surface area contributed by atoms with Crippen molar-refractivity contribution >= 4 is 29.9 Å². The number of aryl methyl sites for hydroxylation is 3. The summed E-state index contributed by atoms with van der Waals surface area (Å²) in [7, 11) is 3.73. The zero-order valence-electron chi connectivity index (χ0n) is 16.5. The molecule has 7 heteroatoms. The van der Waals surface area contributed by atoms with E-state index in [2.05, 4.69) is 46.7 Å². The molecule has 0 aliphatic heterocycles. The normalized spacial score (nSPS) is 12.3. The molecule has 1 heterocycles. The molecule has 2 aromatic rings. The number of rotatable bonds is 6. The second kappa shape index (κ2) is 10.4. The highest BCUT2D eigenvalue weighted by molar-refractivity contribution is 14.0. The molecule has 0 aliphatic rings. The molecular weight excluding hydrogens is 441 g/mol. The maximum Gasteiger partial charge on any atom is 0.191 e. The molecule has 6 nitrogen and oxygen atoms in total. The zero-order valence-corrected chi connectivity index (χ0v) is 18.8. The van der Waals surface area contributed by atoms with Gasteiger partial charge in [-0.25, -0.2) is 0 Å². The fraction of sp³-hybridized carbons (Fsp3) is 0.474. The summed E-state index contributed by atoms with van der Waals surface area (Å²) in [5, 5.41) is 11.1. The number of nitrogens with zero attached hydrogens (tertiary/aromatic N) is 3. The van der Waals surface area contributed by atoms with E-state index in [1.165, 1.54) is 11.1 Å². The third-order valence-corrected chi connectivity index (χ3v) is 4.23. The Kier molecular flexibility index (Phi) is 8.91. The van der Waals surface area contributed by atoms with Crippen molar-refractivity contribution in [3.8, 4) is 5.75 Å². The first-order chi connectivity index (χ1) is 11.9. The molecule has 0 saturated carbocycles. The molecule has 1 atom stereocenters. The molecule has 0 amide bonds. The summed E-state index contributed by atoms with van der Waals surface area (Å²) in [6.45, 7) is 9.56. The average molecular weight is 471 g/mol. The van der Waals surface area contributed by atoms with Crippen LogP contribution in [0.25, 0.3) is 0 Å². The van der Waals surface area contributed by atoms with Crippen LogP contribution in [0.2, 0.25) is 0 Å². The van der Waals surface area contributed by atoms with Crippen molar-refractivity contribution in [1.82, 2.24) is 20.4 Å². The number of hydrogen-bond donors (Lipinski definition) is 2. The van der Waals surface area contributed by atoms with E-state index >= 15 is 0 Å². The van der Waals surface area contributed by atoms with Gasteiger partial charge in [-0.3, -0.25) is 9.67 Å². The molecule has 0 saturated heterocycles. The smallest absolute Gasteiger partial charge is 0.191 e. The van der Waals surface area contributed by atoms with Crippen molar-refractivity contribution < 1.29 is 4.74 Å². The quantitative estimate of drug-likeness (QED) is 0.386. The first kappa shape index (κ1) is 22.3. The Labute approximate surface area is 173 Å². The maximum absolute atomic E-state index is 5.91. The Morgan fingerprint density at radius 1 is 1.19 bits per heavy atom. The lowest BCUT2D eigenvalue weighted by atomic mass is 10.2. The fourth-order valence-corrected chi connectivity index (χ4v) is 2.60. The largest absolute Gasteiger partial charge is 0.489 e. The van der Waals surface area contributed by atoms with Gasteiger partial charge < -0.3 is 15.4 Å². The molecule has 26 heavy (non-hydrogen) atoms. The van der Waals surface area contributed by atoms with E-state index in [4.69, 9.17) is 4.74 Å². The highest BCUT2D eigenvalue weighted by atomic mass is 127. The van der Waals surface area contributed by atoms with E-state index in [9.17, 15) is 0 Å². The van der Waals surface area contributed by atoms with E-state index in [1.807, 2.05) is 37.7 Å². The molecule has 2 rings (SSSR count). The minimum Gasteiger partial charge on any atom is -0.489 e. The summed E-state index contributed by atoms with van der Waals surface area (Å²) in [5.74, 6) is 1.63. The van der Waals surface area contributed by atoms with Crippen LogP contribution in [-0.2, 0) is 13.6 Å². The van der Waals surface area contributed by atoms with Crippen LogP contribution in [0.3, 0.4) is 0 Å². The predicted octanol–water partition coefficient (Wildman–Crippen LogP) is 3.10. The zero-order chi connectivity index (χ0) is 18.4. The van der Waals surface area contributed by atoms with Crippen molar-refractivity contribution in [3.05, 3.63) is 46.8 Å². The SMILES string of the molecule is CN=C(NCc1c(C)nn(C)c1C)NCC(C)Oc1ccc(C)cc1.I. The van der Waals surface area contributed by atoms with Crippen LogP contribution in [0.5, 0.6) is 5.75 Å². The Morgan fingerprint density at radius 3 is 2.38 bits per heavy atom. The number of guanidine groups is 1. The van der Waals surface area contributed by atoms with Gasteiger partial charge in [0.2, 0.25) is 0 Å². The predicted molar refractivity (Wildman–Crippen MR) is 118 cm³/mol. The van der Waals surface area contributed by atoms with Crippen LogP contribution in [0.15, 0.2) is 29.3 Å². The van der Waals surface area contributed by atoms with Crippen LogP contribution in [0.4, 0.5) is 0 Å². The fourth-order valence-electron chi connectivity index (χ4n) is 2.60. The standard InChI is InChI=1S/C19H29N5O.HI/c1-13-7-9-17(10-8-13)25-14(2)11-21-19(20-5)22-12-18-15(3)23-24(6)16(18)4;/h7-10,14H,11-12H2,1-6H3,(H2,20,21,22);1H. The molecule has 1 aromatic heterocycles. The summed E-state index contributed by atoms with van der Waals surface area (Å²) in [6.07, 6.45) is 0.0307. The Hall–Kier alpha value is -1.77. The second-order valence-corrected chi connectivity index (χ2v) is 6.32. The summed E-state index contributed by atoms with van der Waals surface area (Å²) in [4.78, 5) is 4.27. The summed E-state index contributed by atoms with van der Waals surface area (Å²) in [5.41, 5.74) is 4.63. The molecule has 0 radical (unpaired) electrons. The number of benzene rings is 1. The third kappa shape index (κ3) is 6.19. The van der Waals surface area contributed by atoms with Crippen molar-refractivity contribution in [2.24, 2.45) is 12.0 Å². The minimum atomic E-state index is 0.